The van der Waals surface area contributed by atoms with Crippen LogP contribution in [-0.2, 0) is 6.42 Å². The van der Waals surface area contributed by atoms with Crippen LogP contribution >= 0.6 is 0 Å². The number of hydrogen-bond acceptors (Lipinski definition) is 2. The van der Waals surface area contributed by atoms with Gasteiger partial charge in [0.05, 0.1) is 11.7 Å². The normalized spacial score (nSPS) is 18.1. The van der Waals surface area contributed by atoms with Crippen LogP contribution in [0.2, 0.25) is 0 Å². The van der Waals surface area contributed by atoms with Crippen LogP contribution in [0.15, 0.2) is 0 Å². The zero-order chi connectivity index (χ0) is 11.0. The van der Waals surface area contributed by atoms with Crippen LogP contribution in [0.4, 0.5) is 0 Å². The van der Waals surface area contributed by atoms with Crippen LogP contribution in [0.3, 0.4) is 0 Å². The number of nitrogens with two attached hydrogens (primary N) is 1. The Morgan fingerprint density at radius 1 is 1.47 bits per heavy atom. The van der Waals surface area contributed by atoms with E-state index < -0.39 is 0 Å². The molecule has 1 aromatic heterocycles. The summed E-state index contributed by atoms with van der Waals surface area (Å²) < 4.78 is 2.21. The molecule has 0 radical (unpaired) electrons. The Morgan fingerprint density at radius 3 is 2.67 bits per heavy atom. The van der Waals surface area contributed by atoms with Gasteiger partial charge in [-0.25, -0.2) is 0 Å². The van der Waals surface area contributed by atoms with Crippen molar-refractivity contribution in [1.82, 2.24) is 9.78 Å². The average molecular weight is 207 g/mol. The average Bonchev–Trinajstić information content (AvgIpc) is 3.00. The first-order valence-electron chi connectivity index (χ1n) is 5.89. The van der Waals surface area contributed by atoms with Gasteiger partial charge in [-0.1, -0.05) is 0 Å². The molecule has 2 N–H and O–H groups in total. The van der Waals surface area contributed by atoms with Gasteiger partial charge in [-0.15, -0.1) is 0 Å². The van der Waals surface area contributed by atoms with Crippen molar-refractivity contribution >= 4 is 0 Å². The fraction of sp³-hybridized carbons (Fsp3) is 0.750. The summed E-state index contributed by atoms with van der Waals surface area (Å²) in [6.07, 6.45) is 3.69. The highest BCUT2D eigenvalue weighted by Gasteiger charge is 2.31. The molecule has 1 saturated carbocycles. The highest BCUT2D eigenvalue weighted by molar-refractivity contribution is 5.25. The van der Waals surface area contributed by atoms with E-state index in [-0.39, 0.29) is 0 Å². The molecule has 0 aliphatic heterocycles. The number of aromatic nitrogens is 2. The lowest BCUT2D eigenvalue weighted by Gasteiger charge is -2.13. The van der Waals surface area contributed by atoms with Gasteiger partial charge in [0.2, 0.25) is 0 Å². The minimum absolute atomic E-state index is 0.565. The lowest BCUT2D eigenvalue weighted by molar-refractivity contribution is 0.429. The van der Waals surface area contributed by atoms with Crippen LogP contribution in [0.1, 0.15) is 42.8 Å². The lowest BCUT2D eigenvalue weighted by atomic mass is 10.1. The van der Waals surface area contributed by atoms with E-state index in [1.165, 1.54) is 24.1 Å². The minimum atomic E-state index is 0.565. The largest absolute Gasteiger partial charge is 0.330 e. The maximum absolute atomic E-state index is 5.62. The first-order chi connectivity index (χ1) is 7.15. The lowest BCUT2D eigenvalue weighted by Crippen LogP contribution is -2.11. The molecule has 15 heavy (non-hydrogen) atoms. The molecule has 0 saturated heterocycles. The van der Waals surface area contributed by atoms with Crippen molar-refractivity contribution in [1.29, 1.82) is 0 Å². The van der Waals surface area contributed by atoms with Gasteiger partial charge >= 0.3 is 0 Å². The van der Waals surface area contributed by atoms with E-state index in [4.69, 9.17) is 5.73 Å². The Morgan fingerprint density at radius 2 is 2.13 bits per heavy atom. The van der Waals surface area contributed by atoms with Crippen molar-refractivity contribution in [2.45, 2.75) is 46.1 Å². The Balaban J connectivity index is 2.27. The van der Waals surface area contributed by atoms with Gasteiger partial charge in [0.1, 0.15) is 0 Å². The Kier molecular flexibility index (Phi) is 2.83. The van der Waals surface area contributed by atoms with Crippen LogP contribution in [0, 0.1) is 19.8 Å². The van der Waals surface area contributed by atoms with Crippen molar-refractivity contribution in [2.24, 2.45) is 11.7 Å². The molecule has 84 valence electrons. The first kappa shape index (κ1) is 10.7. The predicted octanol–water partition coefficient (Wildman–Crippen LogP) is 1.97. The molecule has 1 fully saturated rings. The predicted molar refractivity (Wildman–Crippen MR) is 61.9 cm³/mol. The molecule has 0 aromatic carbocycles. The van der Waals surface area contributed by atoms with Crippen molar-refractivity contribution in [2.75, 3.05) is 6.54 Å². The summed E-state index contributed by atoms with van der Waals surface area (Å²) in [7, 11) is 0. The molecule has 1 unspecified atom stereocenters. The van der Waals surface area contributed by atoms with Gasteiger partial charge in [0.25, 0.3) is 0 Å². The summed E-state index contributed by atoms with van der Waals surface area (Å²) in [6, 6.07) is 0.565. The Bertz CT molecular complexity index is 350. The van der Waals surface area contributed by atoms with Gasteiger partial charge < -0.3 is 5.73 Å². The summed E-state index contributed by atoms with van der Waals surface area (Å²) in [4.78, 5) is 0. The molecule has 2 rings (SSSR count). The third-order valence-corrected chi connectivity index (χ3v) is 3.56. The molecule has 1 atom stereocenters. The van der Waals surface area contributed by atoms with E-state index in [1.807, 2.05) is 0 Å². The monoisotopic (exact) mass is 207 g/mol. The fourth-order valence-corrected chi connectivity index (χ4v) is 2.38. The smallest absolute Gasteiger partial charge is 0.0629 e. The highest BCUT2D eigenvalue weighted by atomic mass is 15.3. The quantitative estimate of drug-likeness (QED) is 0.820. The number of hydrogen-bond donors (Lipinski definition) is 1. The second-order valence-corrected chi connectivity index (χ2v) is 4.71. The Hall–Kier alpha value is -0.830. The highest BCUT2D eigenvalue weighted by Crippen LogP contribution is 2.40. The van der Waals surface area contributed by atoms with Crippen molar-refractivity contribution in [3.63, 3.8) is 0 Å². The summed E-state index contributed by atoms with van der Waals surface area (Å²) in [5, 5.41) is 4.65. The van der Waals surface area contributed by atoms with E-state index in [9.17, 15) is 0 Å². The van der Waals surface area contributed by atoms with Crippen LogP contribution in [-0.4, -0.2) is 16.3 Å². The molecule has 1 aromatic rings. The van der Waals surface area contributed by atoms with E-state index in [0.717, 1.165) is 18.0 Å². The minimum Gasteiger partial charge on any atom is -0.330 e. The maximum atomic E-state index is 5.62. The molecule has 1 aliphatic carbocycles. The molecule has 3 heteroatoms. The zero-order valence-corrected chi connectivity index (χ0v) is 9.95. The van der Waals surface area contributed by atoms with E-state index >= 15 is 0 Å². The number of nitrogens with zero attached hydrogens (tertiary/aromatic N) is 2. The number of aryl methyl sites for hydroxylation is 1. The van der Waals surface area contributed by atoms with Crippen LogP contribution in [0.25, 0.3) is 0 Å². The van der Waals surface area contributed by atoms with Gasteiger partial charge in [-0.3, -0.25) is 4.68 Å². The van der Waals surface area contributed by atoms with Crippen molar-refractivity contribution in [3.8, 4) is 0 Å². The third-order valence-electron chi connectivity index (χ3n) is 3.56. The van der Waals surface area contributed by atoms with E-state index in [2.05, 4.69) is 30.6 Å². The fourth-order valence-electron chi connectivity index (χ4n) is 2.38. The van der Waals surface area contributed by atoms with Gasteiger partial charge in [-0.05, 0) is 58.1 Å². The van der Waals surface area contributed by atoms with E-state index in [0.29, 0.717) is 12.6 Å². The summed E-state index contributed by atoms with van der Waals surface area (Å²) in [5.41, 5.74) is 9.45. The van der Waals surface area contributed by atoms with Crippen LogP contribution < -0.4 is 5.73 Å². The second-order valence-electron chi connectivity index (χ2n) is 4.71. The van der Waals surface area contributed by atoms with Crippen molar-refractivity contribution < 1.29 is 0 Å². The molecular weight excluding hydrogens is 186 g/mol. The second kappa shape index (κ2) is 3.97. The molecule has 0 amide bonds. The van der Waals surface area contributed by atoms with Crippen LogP contribution in [0.5, 0.6) is 0 Å². The first-order valence-corrected chi connectivity index (χ1v) is 5.89. The molecular formula is C12H21N3. The van der Waals surface area contributed by atoms with Crippen molar-refractivity contribution in [3.05, 3.63) is 17.0 Å². The SMILES string of the molecule is Cc1nn(C(C)C2CC2)c(C)c1CCN. The summed E-state index contributed by atoms with van der Waals surface area (Å²) in [5.74, 6) is 0.855. The third kappa shape index (κ3) is 1.93. The van der Waals surface area contributed by atoms with E-state index in [1.54, 1.807) is 0 Å². The zero-order valence-electron chi connectivity index (χ0n) is 9.95. The van der Waals surface area contributed by atoms with Gasteiger partial charge in [-0.2, -0.15) is 5.10 Å². The summed E-state index contributed by atoms with van der Waals surface area (Å²) >= 11 is 0. The topological polar surface area (TPSA) is 43.8 Å². The Labute approximate surface area is 91.7 Å². The molecule has 0 bridgehead atoms. The molecule has 3 nitrogen and oxygen atoms in total. The van der Waals surface area contributed by atoms with Gasteiger partial charge in [0.15, 0.2) is 0 Å². The molecule has 0 spiro atoms. The molecule has 1 aliphatic rings. The van der Waals surface area contributed by atoms with Gasteiger partial charge in [0, 0.05) is 5.69 Å². The standard InChI is InChI=1S/C12H21N3/c1-8-12(6-7-13)10(3)15(14-8)9(2)11-4-5-11/h9,11H,4-7,13H2,1-3H3. The maximum Gasteiger partial charge on any atom is 0.0629 e. The summed E-state index contributed by atoms with van der Waals surface area (Å²) in [6.45, 7) is 7.26. The number of rotatable bonds is 4. The molecule has 1 heterocycles.